The van der Waals surface area contributed by atoms with E-state index < -0.39 is 11.7 Å². The van der Waals surface area contributed by atoms with Crippen LogP contribution in [0, 0.1) is 23.2 Å². The molecule has 4 fully saturated rings. The van der Waals surface area contributed by atoms with E-state index in [2.05, 4.69) is 0 Å². The van der Waals surface area contributed by atoms with E-state index in [1.807, 2.05) is 0 Å². The van der Waals surface area contributed by atoms with Crippen molar-refractivity contribution in [3.63, 3.8) is 0 Å². The predicted octanol–water partition coefficient (Wildman–Crippen LogP) is 2.73. The summed E-state index contributed by atoms with van der Waals surface area (Å²) in [6.45, 7) is 0. The molecule has 0 aromatic heterocycles. The Labute approximate surface area is 95.2 Å². The molecular formula is C13H18O3. The van der Waals surface area contributed by atoms with Crippen LogP contribution in [0.5, 0.6) is 0 Å². The summed E-state index contributed by atoms with van der Waals surface area (Å²) in [4.78, 5) is 10.7. The zero-order chi connectivity index (χ0) is 11.3. The van der Waals surface area contributed by atoms with Gasteiger partial charge in [0.1, 0.15) is 0 Å². The Morgan fingerprint density at radius 2 is 1.44 bits per heavy atom. The second kappa shape index (κ2) is 3.25. The summed E-state index contributed by atoms with van der Waals surface area (Å²) in [7, 11) is 0. The molecule has 3 heteroatoms. The molecule has 0 saturated heterocycles. The Morgan fingerprint density at radius 3 is 1.81 bits per heavy atom. The zero-order valence-corrected chi connectivity index (χ0v) is 9.35. The summed E-state index contributed by atoms with van der Waals surface area (Å²) in [5, 5.41) is 18.2. The zero-order valence-electron chi connectivity index (χ0n) is 9.35. The molecule has 0 aromatic carbocycles. The minimum absolute atomic E-state index is 0.0111. The first-order valence-electron chi connectivity index (χ1n) is 6.21. The molecular weight excluding hydrogens is 204 g/mol. The Hall–Kier alpha value is -0.990. The first kappa shape index (κ1) is 10.2. The van der Waals surface area contributed by atoms with Crippen LogP contribution in [0.4, 0.5) is 0 Å². The highest BCUT2D eigenvalue weighted by Crippen LogP contribution is 2.60. The molecule has 0 radical (unpaired) electrons. The van der Waals surface area contributed by atoms with Crippen molar-refractivity contribution >= 4 is 5.97 Å². The smallest absolute Gasteiger partial charge is 0.370 e. The van der Waals surface area contributed by atoms with E-state index in [1.165, 1.54) is 19.3 Å². The van der Waals surface area contributed by atoms with Crippen molar-refractivity contribution < 1.29 is 15.0 Å². The molecule has 4 rings (SSSR count). The topological polar surface area (TPSA) is 57.5 Å². The lowest BCUT2D eigenvalue weighted by molar-refractivity contribution is -0.135. The summed E-state index contributed by atoms with van der Waals surface area (Å²) in [6.07, 6.45) is 8.94. The molecule has 2 N–H and O–H groups in total. The van der Waals surface area contributed by atoms with Gasteiger partial charge in [0, 0.05) is 0 Å². The van der Waals surface area contributed by atoms with E-state index in [0.29, 0.717) is 0 Å². The summed E-state index contributed by atoms with van der Waals surface area (Å²) in [5.74, 6) is 0.718. The van der Waals surface area contributed by atoms with Gasteiger partial charge in [-0.2, -0.15) is 0 Å². The number of hydrogen-bond acceptors (Lipinski definition) is 2. The van der Waals surface area contributed by atoms with Gasteiger partial charge < -0.3 is 10.2 Å². The fraction of sp³-hybridized carbons (Fsp3) is 0.769. The molecule has 4 aliphatic rings. The minimum atomic E-state index is -1.18. The van der Waals surface area contributed by atoms with Crippen molar-refractivity contribution in [1.29, 1.82) is 0 Å². The lowest BCUT2D eigenvalue weighted by Crippen LogP contribution is -2.45. The van der Waals surface area contributed by atoms with Gasteiger partial charge >= 0.3 is 5.97 Å². The number of carbonyl (C=O) groups is 1. The molecule has 0 aromatic rings. The lowest BCUT2D eigenvalue weighted by Gasteiger charge is -2.55. The van der Waals surface area contributed by atoms with Crippen LogP contribution >= 0.6 is 0 Å². The third-order valence-electron chi connectivity index (χ3n) is 4.75. The molecule has 4 bridgehead atoms. The number of carboxylic acid groups (broad SMARTS) is 1. The second-order valence-electron chi connectivity index (χ2n) is 6.11. The van der Waals surface area contributed by atoms with Gasteiger partial charge in [-0.05, 0) is 67.8 Å². The fourth-order valence-electron chi connectivity index (χ4n) is 4.71. The van der Waals surface area contributed by atoms with Gasteiger partial charge in [0.25, 0.3) is 0 Å². The van der Waals surface area contributed by atoms with Gasteiger partial charge in [-0.25, -0.2) is 4.79 Å². The lowest BCUT2D eigenvalue weighted by atomic mass is 9.49. The molecule has 0 heterocycles. The number of rotatable bonds is 2. The number of aliphatic carboxylic acids is 1. The van der Waals surface area contributed by atoms with Crippen molar-refractivity contribution in [2.75, 3.05) is 0 Å². The molecule has 0 amide bonds. The Bertz CT molecular complexity index is 321. The van der Waals surface area contributed by atoms with E-state index in [0.717, 1.165) is 37.0 Å². The maximum absolute atomic E-state index is 10.7. The number of aliphatic hydroxyl groups is 1. The average Bonchev–Trinajstić information content (AvgIpc) is 2.13. The normalized spacial score (nSPS) is 46.0. The Kier molecular flexibility index (Phi) is 2.07. The van der Waals surface area contributed by atoms with Gasteiger partial charge in [-0.1, -0.05) is 0 Å². The van der Waals surface area contributed by atoms with Gasteiger partial charge in [0.2, 0.25) is 0 Å². The standard InChI is InChI=1S/C13H18O3/c14-11(12(15)16)7-13-4-8-1-9(5-13)3-10(2-8)6-13/h7-10,14H,1-6H2,(H,15,16). The van der Waals surface area contributed by atoms with Crippen LogP contribution in [-0.4, -0.2) is 16.2 Å². The maximum Gasteiger partial charge on any atom is 0.370 e. The summed E-state index contributed by atoms with van der Waals surface area (Å²) < 4.78 is 0. The third-order valence-corrected chi connectivity index (χ3v) is 4.75. The van der Waals surface area contributed by atoms with Crippen molar-refractivity contribution in [2.45, 2.75) is 38.5 Å². The summed E-state index contributed by atoms with van der Waals surface area (Å²) in [6, 6.07) is 0. The van der Waals surface area contributed by atoms with Crippen molar-refractivity contribution in [3.8, 4) is 0 Å². The molecule has 88 valence electrons. The highest BCUT2D eigenvalue weighted by atomic mass is 16.4. The van der Waals surface area contributed by atoms with Crippen LogP contribution in [-0.2, 0) is 4.79 Å². The highest BCUT2D eigenvalue weighted by molar-refractivity contribution is 5.83. The van der Waals surface area contributed by atoms with Gasteiger partial charge in [0.15, 0.2) is 5.76 Å². The van der Waals surface area contributed by atoms with Crippen LogP contribution in [0.15, 0.2) is 11.8 Å². The quantitative estimate of drug-likeness (QED) is 0.558. The number of allylic oxidation sites excluding steroid dienone is 1. The maximum atomic E-state index is 10.7. The van der Waals surface area contributed by atoms with Gasteiger partial charge in [-0.3, -0.25) is 0 Å². The molecule has 0 spiro atoms. The molecule has 0 atom stereocenters. The summed E-state index contributed by atoms with van der Waals surface area (Å²) >= 11 is 0. The number of carboxylic acids is 1. The third kappa shape index (κ3) is 1.53. The number of hydrogen-bond donors (Lipinski definition) is 2. The SMILES string of the molecule is O=C(O)C(O)=CC12CC3CC(CC(C3)C1)C2. The minimum Gasteiger partial charge on any atom is -0.502 e. The van der Waals surface area contributed by atoms with Gasteiger partial charge in [0.05, 0.1) is 0 Å². The summed E-state index contributed by atoms with van der Waals surface area (Å²) in [5.41, 5.74) is 0.0111. The Balaban J connectivity index is 1.89. The predicted molar refractivity (Wildman–Crippen MR) is 59.0 cm³/mol. The molecule has 4 aliphatic carbocycles. The average molecular weight is 222 g/mol. The molecule has 16 heavy (non-hydrogen) atoms. The van der Waals surface area contributed by atoms with Crippen LogP contribution in [0.2, 0.25) is 0 Å². The molecule has 4 saturated carbocycles. The first-order valence-corrected chi connectivity index (χ1v) is 6.21. The van der Waals surface area contributed by atoms with E-state index in [9.17, 15) is 9.90 Å². The first-order chi connectivity index (χ1) is 7.56. The Morgan fingerprint density at radius 1 is 1.00 bits per heavy atom. The largest absolute Gasteiger partial charge is 0.502 e. The van der Waals surface area contributed by atoms with Crippen LogP contribution in [0.25, 0.3) is 0 Å². The van der Waals surface area contributed by atoms with Crippen molar-refractivity contribution in [2.24, 2.45) is 23.2 Å². The highest BCUT2D eigenvalue weighted by Gasteiger charge is 2.50. The van der Waals surface area contributed by atoms with Crippen LogP contribution in [0.1, 0.15) is 38.5 Å². The molecule has 0 aliphatic heterocycles. The van der Waals surface area contributed by atoms with Crippen LogP contribution < -0.4 is 0 Å². The number of aliphatic hydroxyl groups excluding tert-OH is 1. The molecule has 0 unspecified atom stereocenters. The van der Waals surface area contributed by atoms with Gasteiger partial charge in [-0.15, -0.1) is 0 Å². The van der Waals surface area contributed by atoms with Crippen LogP contribution in [0.3, 0.4) is 0 Å². The van der Waals surface area contributed by atoms with E-state index in [4.69, 9.17) is 5.11 Å². The monoisotopic (exact) mass is 222 g/mol. The fourth-order valence-corrected chi connectivity index (χ4v) is 4.71. The molecule has 3 nitrogen and oxygen atoms in total. The van der Waals surface area contributed by atoms with E-state index in [-0.39, 0.29) is 5.41 Å². The van der Waals surface area contributed by atoms with Crippen molar-refractivity contribution in [3.05, 3.63) is 11.8 Å². The van der Waals surface area contributed by atoms with E-state index in [1.54, 1.807) is 6.08 Å². The second-order valence-corrected chi connectivity index (χ2v) is 6.11. The van der Waals surface area contributed by atoms with Crippen molar-refractivity contribution in [1.82, 2.24) is 0 Å². The van der Waals surface area contributed by atoms with E-state index >= 15 is 0 Å².